The molecule has 2 N–H and O–H groups in total. The zero-order chi connectivity index (χ0) is 15.2. The molecule has 2 rings (SSSR count). The van der Waals surface area contributed by atoms with Crippen LogP contribution in [0.15, 0.2) is 24.3 Å². The molecule has 0 aliphatic carbocycles. The topological polar surface area (TPSA) is 72.6 Å². The second-order valence-corrected chi connectivity index (χ2v) is 5.36. The molecule has 1 fully saturated rings. The molecule has 1 aliphatic heterocycles. The average Bonchev–Trinajstić information content (AvgIpc) is 2.49. The molecule has 1 heterocycles. The molecule has 21 heavy (non-hydrogen) atoms. The largest absolute Gasteiger partial charge is 0.466 e. The third-order valence-corrected chi connectivity index (χ3v) is 3.85. The molecule has 0 unspecified atom stereocenters. The molecular formula is C16H22N2O3. The summed E-state index contributed by atoms with van der Waals surface area (Å²) in [5.41, 5.74) is 6.90. The number of likely N-dealkylation sites (tertiary alicyclic amines) is 1. The third-order valence-electron chi connectivity index (χ3n) is 3.85. The molecular weight excluding hydrogens is 268 g/mol. The summed E-state index contributed by atoms with van der Waals surface area (Å²) in [6.07, 6.45) is 1.69. The summed E-state index contributed by atoms with van der Waals surface area (Å²) in [5, 5.41) is 0. The molecule has 1 amide bonds. The van der Waals surface area contributed by atoms with Crippen LogP contribution in [-0.4, -0.2) is 36.5 Å². The van der Waals surface area contributed by atoms with Gasteiger partial charge in [0.15, 0.2) is 0 Å². The van der Waals surface area contributed by atoms with Gasteiger partial charge in [-0.1, -0.05) is 12.1 Å². The van der Waals surface area contributed by atoms with Gasteiger partial charge in [0, 0.05) is 12.1 Å². The van der Waals surface area contributed by atoms with E-state index in [1.165, 1.54) is 0 Å². The van der Waals surface area contributed by atoms with Crippen molar-refractivity contribution in [1.82, 2.24) is 4.90 Å². The van der Waals surface area contributed by atoms with E-state index in [4.69, 9.17) is 10.5 Å². The first-order chi connectivity index (χ1) is 10.1. The summed E-state index contributed by atoms with van der Waals surface area (Å²) in [6.45, 7) is 4.89. The first-order valence-corrected chi connectivity index (χ1v) is 7.38. The fourth-order valence-corrected chi connectivity index (χ4v) is 2.62. The minimum atomic E-state index is -0.406. The molecule has 5 nitrogen and oxygen atoms in total. The SMILES string of the molecule is CCOC(=O)C1CCN(Cc2ccc(C(N)=O)cc2)CC1. The number of nitrogens with two attached hydrogens (primary N) is 1. The van der Waals surface area contributed by atoms with Gasteiger partial charge in [-0.2, -0.15) is 0 Å². The van der Waals surface area contributed by atoms with Crippen molar-refractivity contribution >= 4 is 11.9 Å². The van der Waals surface area contributed by atoms with E-state index in [-0.39, 0.29) is 11.9 Å². The number of rotatable bonds is 5. The second kappa shape index (κ2) is 7.22. The second-order valence-electron chi connectivity index (χ2n) is 5.36. The number of carbonyl (C=O) groups is 2. The number of benzene rings is 1. The van der Waals surface area contributed by atoms with Crippen molar-refractivity contribution in [2.24, 2.45) is 11.7 Å². The van der Waals surface area contributed by atoms with Gasteiger partial charge in [0.05, 0.1) is 12.5 Å². The van der Waals surface area contributed by atoms with Gasteiger partial charge in [-0.25, -0.2) is 0 Å². The Bertz CT molecular complexity index is 491. The third kappa shape index (κ3) is 4.29. The highest BCUT2D eigenvalue weighted by Gasteiger charge is 2.25. The lowest BCUT2D eigenvalue weighted by atomic mass is 9.96. The number of piperidine rings is 1. The molecule has 1 aliphatic rings. The van der Waals surface area contributed by atoms with E-state index in [0.717, 1.165) is 38.0 Å². The standard InChI is InChI=1S/C16H22N2O3/c1-2-21-16(20)14-7-9-18(10-8-14)11-12-3-5-13(6-4-12)15(17)19/h3-6,14H,2,7-11H2,1H3,(H2,17,19). The zero-order valence-corrected chi connectivity index (χ0v) is 12.4. The average molecular weight is 290 g/mol. The van der Waals surface area contributed by atoms with Crippen LogP contribution in [-0.2, 0) is 16.1 Å². The fourth-order valence-electron chi connectivity index (χ4n) is 2.62. The number of amides is 1. The molecule has 0 saturated carbocycles. The molecule has 0 aromatic heterocycles. The van der Waals surface area contributed by atoms with Crippen LogP contribution in [0, 0.1) is 5.92 Å². The predicted molar refractivity (Wildman–Crippen MR) is 79.6 cm³/mol. The number of primary amides is 1. The maximum Gasteiger partial charge on any atom is 0.309 e. The van der Waals surface area contributed by atoms with Crippen LogP contribution in [0.5, 0.6) is 0 Å². The van der Waals surface area contributed by atoms with Gasteiger partial charge < -0.3 is 10.5 Å². The number of esters is 1. The van der Waals surface area contributed by atoms with Gasteiger partial charge in [0.25, 0.3) is 0 Å². The van der Waals surface area contributed by atoms with Crippen molar-refractivity contribution in [3.05, 3.63) is 35.4 Å². The van der Waals surface area contributed by atoms with Gasteiger partial charge in [0.2, 0.25) is 5.91 Å². The van der Waals surface area contributed by atoms with Gasteiger partial charge >= 0.3 is 5.97 Å². The Morgan fingerprint density at radius 1 is 1.24 bits per heavy atom. The minimum Gasteiger partial charge on any atom is -0.466 e. The lowest BCUT2D eigenvalue weighted by Gasteiger charge is -2.30. The molecule has 114 valence electrons. The van der Waals surface area contributed by atoms with E-state index in [2.05, 4.69) is 4.90 Å². The Balaban J connectivity index is 1.83. The first kappa shape index (κ1) is 15.5. The normalized spacial score (nSPS) is 16.6. The van der Waals surface area contributed by atoms with Crippen LogP contribution >= 0.6 is 0 Å². The molecule has 1 aromatic rings. The van der Waals surface area contributed by atoms with Crippen molar-refractivity contribution in [2.45, 2.75) is 26.3 Å². The van der Waals surface area contributed by atoms with Gasteiger partial charge in [-0.05, 0) is 50.6 Å². The number of hydrogen-bond acceptors (Lipinski definition) is 4. The smallest absolute Gasteiger partial charge is 0.309 e. The number of hydrogen-bond donors (Lipinski definition) is 1. The first-order valence-electron chi connectivity index (χ1n) is 7.38. The van der Waals surface area contributed by atoms with E-state index in [0.29, 0.717) is 12.2 Å². The maximum absolute atomic E-state index is 11.7. The monoisotopic (exact) mass is 290 g/mol. The zero-order valence-electron chi connectivity index (χ0n) is 12.4. The maximum atomic E-state index is 11.7. The Hall–Kier alpha value is -1.88. The highest BCUT2D eigenvalue weighted by atomic mass is 16.5. The predicted octanol–water partition coefficient (Wildman–Crippen LogP) is 1.56. The molecule has 0 radical (unpaired) electrons. The van der Waals surface area contributed by atoms with Crippen LogP contribution in [0.3, 0.4) is 0 Å². The van der Waals surface area contributed by atoms with Crippen LogP contribution in [0.2, 0.25) is 0 Å². The van der Waals surface area contributed by atoms with Gasteiger partial charge in [0.1, 0.15) is 0 Å². The number of carbonyl (C=O) groups excluding carboxylic acids is 2. The van der Waals surface area contributed by atoms with Gasteiger partial charge in [-0.15, -0.1) is 0 Å². The molecule has 0 atom stereocenters. The molecule has 0 bridgehead atoms. The lowest BCUT2D eigenvalue weighted by Crippen LogP contribution is -2.36. The molecule has 1 saturated heterocycles. The quantitative estimate of drug-likeness (QED) is 0.835. The highest BCUT2D eigenvalue weighted by molar-refractivity contribution is 5.92. The van der Waals surface area contributed by atoms with Crippen LogP contribution in [0.1, 0.15) is 35.7 Å². The summed E-state index contributed by atoms with van der Waals surface area (Å²) in [7, 11) is 0. The summed E-state index contributed by atoms with van der Waals surface area (Å²) in [4.78, 5) is 25.0. The lowest BCUT2D eigenvalue weighted by molar-refractivity contribution is -0.149. The van der Waals surface area contributed by atoms with Crippen molar-refractivity contribution in [3.63, 3.8) is 0 Å². The van der Waals surface area contributed by atoms with Crippen molar-refractivity contribution in [2.75, 3.05) is 19.7 Å². The fraction of sp³-hybridized carbons (Fsp3) is 0.500. The van der Waals surface area contributed by atoms with E-state index in [1.807, 2.05) is 19.1 Å². The van der Waals surface area contributed by atoms with Crippen LogP contribution in [0.4, 0.5) is 0 Å². The molecule has 0 spiro atoms. The Labute approximate surface area is 125 Å². The van der Waals surface area contributed by atoms with E-state index in [9.17, 15) is 9.59 Å². The summed E-state index contributed by atoms with van der Waals surface area (Å²) < 4.78 is 5.07. The van der Waals surface area contributed by atoms with Crippen molar-refractivity contribution in [1.29, 1.82) is 0 Å². The van der Waals surface area contributed by atoms with E-state index in [1.54, 1.807) is 12.1 Å². The summed E-state index contributed by atoms with van der Waals surface area (Å²) in [6, 6.07) is 7.36. The highest BCUT2D eigenvalue weighted by Crippen LogP contribution is 2.20. The van der Waals surface area contributed by atoms with Crippen LogP contribution < -0.4 is 5.73 Å². The summed E-state index contributed by atoms with van der Waals surface area (Å²) in [5.74, 6) is -0.432. The van der Waals surface area contributed by atoms with E-state index < -0.39 is 5.91 Å². The van der Waals surface area contributed by atoms with Crippen LogP contribution in [0.25, 0.3) is 0 Å². The van der Waals surface area contributed by atoms with Gasteiger partial charge in [-0.3, -0.25) is 14.5 Å². The molecule has 1 aromatic carbocycles. The number of nitrogens with zero attached hydrogens (tertiary/aromatic N) is 1. The Morgan fingerprint density at radius 2 is 1.86 bits per heavy atom. The molecule has 5 heteroatoms. The Morgan fingerprint density at radius 3 is 2.38 bits per heavy atom. The Kier molecular flexibility index (Phi) is 5.33. The summed E-state index contributed by atoms with van der Waals surface area (Å²) >= 11 is 0. The number of ether oxygens (including phenoxy) is 1. The van der Waals surface area contributed by atoms with E-state index >= 15 is 0 Å². The minimum absolute atomic E-state index is 0.0402. The van der Waals surface area contributed by atoms with Crippen molar-refractivity contribution < 1.29 is 14.3 Å². The van der Waals surface area contributed by atoms with Crippen molar-refractivity contribution in [3.8, 4) is 0 Å².